The van der Waals surface area contributed by atoms with Crippen molar-refractivity contribution in [2.24, 2.45) is 5.73 Å². The fraction of sp³-hybridized carbons (Fsp3) is 0.125. The largest absolute Gasteiger partial charge is 0.389 e. The zero-order valence-electron chi connectivity index (χ0n) is 7.82. The predicted molar refractivity (Wildman–Crippen MR) is 63.6 cm³/mol. The highest BCUT2D eigenvalue weighted by Crippen LogP contribution is 2.22. The van der Waals surface area contributed by atoms with Gasteiger partial charge >= 0.3 is 0 Å². The summed E-state index contributed by atoms with van der Waals surface area (Å²) in [5, 5.41) is 0.129. The van der Waals surface area contributed by atoms with E-state index in [1.807, 2.05) is 0 Å². The van der Waals surface area contributed by atoms with Crippen LogP contribution in [0.15, 0.2) is 23.1 Å². The molecule has 1 rings (SSSR count). The number of hydrogen-bond acceptors (Lipinski definition) is 3. The molecule has 0 aromatic heterocycles. The first-order valence-electron chi connectivity index (χ1n) is 3.91. The molecule has 1 aromatic rings. The monoisotopic (exact) mass is 264 g/mol. The number of thiocarbonyl (C=S) groups is 1. The standard InChI is InChI=1S/C8H9ClN2O2S2/c1-11-15(12,13)7-4-5(8(10)14)2-3-6(7)9/h2-4,11H,1H3,(H2,10,14). The van der Waals surface area contributed by atoms with E-state index in [4.69, 9.17) is 29.6 Å². The minimum absolute atomic E-state index is 0.0306. The fourth-order valence-corrected chi connectivity index (χ4v) is 2.35. The second-order valence-corrected chi connectivity index (χ2v) is 5.42. The maximum Gasteiger partial charge on any atom is 0.241 e. The quantitative estimate of drug-likeness (QED) is 0.795. The number of nitrogens with one attached hydrogen (secondary N) is 1. The van der Waals surface area contributed by atoms with Crippen molar-refractivity contribution in [3.63, 3.8) is 0 Å². The minimum atomic E-state index is -3.58. The molecule has 0 spiro atoms. The van der Waals surface area contributed by atoms with Gasteiger partial charge in [-0.05, 0) is 19.2 Å². The Hall–Kier alpha value is -0.690. The molecule has 0 aliphatic carbocycles. The highest BCUT2D eigenvalue weighted by molar-refractivity contribution is 7.89. The summed E-state index contributed by atoms with van der Waals surface area (Å²) in [5.41, 5.74) is 5.85. The lowest BCUT2D eigenvalue weighted by atomic mass is 10.2. The molecule has 0 bridgehead atoms. The summed E-state index contributed by atoms with van der Waals surface area (Å²) in [4.78, 5) is 0.0937. The van der Waals surface area contributed by atoms with E-state index in [-0.39, 0.29) is 14.9 Å². The van der Waals surface area contributed by atoms with Gasteiger partial charge in [0.05, 0.1) is 5.02 Å². The zero-order valence-corrected chi connectivity index (χ0v) is 10.2. The van der Waals surface area contributed by atoms with Crippen molar-refractivity contribution < 1.29 is 8.42 Å². The van der Waals surface area contributed by atoms with Crippen molar-refractivity contribution >= 4 is 38.8 Å². The molecule has 82 valence electrons. The Kier molecular flexibility index (Phi) is 3.67. The Morgan fingerprint density at radius 2 is 2.13 bits per heavy atom. The van der Waals surface area contributed by atoms with Gasteiger partial charge in [0.15, 0.2) is 0 Å². The van der Waals surface area contributed by atoms with Crippen LogP contribution in [-0.4, -0.2) is 20.5 Å². The van der Waals surface area contributed by atoms with Crippen LogP contribution < -0.4 is 10.5 Å². The summed E-state index contributed by atoms with van der Waals surface area (Å²) in [6, 6.07) is 4.36. The van der Waals surface area contributed by atoms with E-state index in [1.54, 1.807) is 6.07 Å². The fourth-order valence-electron chi connectivity index (χ4n) is 0.973. The van der Waals surface area contributed by atoms with E-state index in [2.05, 4.69) is 4.72 Å². The van der Waals surface area contributed by atoms with Crippen LogP contribution in [0.2, 0.25) is 5.02 Å². The second kappa shape index (κ2) is 4.44. The molecule has 0 radical (unpaired) electrons. The number of benzene rings is 1. The first-order chi connectivity index (χ1) is 6.88. The molecule has 4 nitrogen and oxygen atoms in total. The Morgan fingerprint density at radius 1 is 1.53 bits per heavy atom. The van der Waals surface area contributed by atoms with Gasteiger partial charge in [0, 0.05) is 5.56 Å². The summed E-state index contributed by atoms with van der Waals surface area (Å²) in [6.45, 7) is 0. The molecule has 1 aromatic carbocycles. The van der Waals surface area contributed by atoms with Crippen molar-refractivity contribution in [3.8, 4) is 0 Å². The van der Waals surface area contributed by atoms with Gasteiger partial charge in [0.2, 0.25) is 10.0 Å². The molecule has 0 aliphatic rings. The lowest BCUT2D eigenvalue weighted by molar-refractivity contribution is 0.588. The summed E-state index contributed by atoms with van der Waals surface area (Å²) in [7, 11) is -2.28. The second-order valence-electron chi connectivity index (χ2n) is 2.72. The molecule has 0 aliphatic heterocycles. The summed E-state index contributed by atoms with van der Waals surface area (Å²) in [6.07, 6.45) is 0. The molecular weight excluding hydrogens is 256 g/mol. The molecular formula is C8H9ClN2O2S2. The lowest BCUT2D eigenvalue weighted by Gasteiger charge is -2.06. The molecule has 0 heterocycles. The third-order valence-corrected chi connectivity index (χ3v) is 3.91. The minimum Gasteiger partial charge on any atom is -0.389 e. The first kappa shape index (κ1) is 12.4. The Balaban J connectivity index is 3.42. The number of nitrogens with two attached hydrogens (primary N) is 1. The van der Waals surface area contributed by atoms with Crippen molar-refractivity contribution in [2.75, 3.05) is 7.05 Å². The van der Waals surface area contributed by atoms with E-state index in [1.165, 1.54) is 19.2 Å². The first-order valence-corrected chi connectivity index (χ1v) is 6.18. The molecule has 0 atom stereocenters. The van der Waals surface area contributed by atoms with E-state index in [0.717, 1.165) is 0 Å². The highest BCUT2D eigenvalue weighted by Gasteiger charge is 2.16. The van der Waals surface area contributed by atoms with Gasteiger partial charge < -0.3 is 5.73 Å². The van der Waals surface area contributed by atoms with Crippen LogP contribution in [0.3, 0.4) is 0 Å². The van der Waals surface area contributed by atoms with Crippen LogP contribution in [0.25, 0.3) is 0 Å². The van der Waals surface area contributed by atoms with E-state index >= 15 is 0 Å². The van der Waals surface area contributed by atoms with Crippen molar-refractivity contribution in [2.45, 2.75) is 4.90 Å². The van der Waals surface area contributed by atoms with Crippen LogP contribution >= 0.6 is 23.8 Å². The average Bonchev–Trinajstić information content (AvgIpc) is 2.17. The SMILES string of the molecule is CNS(=O)(=O)c1cc(C(N)=S)ccc1Cl. The molecule has 0 saturated heterocycles. The number of halogens is 1. The molecule has 7 heteroatoms. The Labute approximate surface area is 98.5 Å². The smallest absolute Gasteiger partial charge is 0.241 e. The normalized spacial score (nSPS) is 11.3. The van der Waals surface area contributed by atoms with Gasteiger partial charge in [-0.1, -0.05) is 29.9 Å². The third kappa shape index (κ3) is 2.66. The van der Waals surface area contributed by atoms with Gasteiger partial charge in [-0.2, -0.15) is 0 Å². The summed E-state index contributed by atoms with van der Waals surface area (Å²) in [5.74, 6) is 0. The summed E-state index contributed by atoms with van der Waals surface area (Å²) >= 11 is 10.5. The van der Waals surface area contributed by atoms with Gasteiger partial charge in [0.25, 0.3) is 0 Å². The van der Waals surface area contributed by atoms with Crippen LogP contribution in [0.5, 0.6) is 0 Å². The topological polar surface area (TPSA) is 72.2 Å². The number of hydrogen-bond donors (Lipinski definition) is 2. The molecule has 0 fully saturated rings. The van der Waals surface area contributed by atoms with E-state index in [0.29, 0.717) is 5.56 Å². The van der Waals surface area contributed by atoms with E-state index < -0.39 is 10.0 Å². The summed E-state index contributed by atoms with van der Waals surface area (Å²) < 4.78 is 25.2. The third-order valence-electron chi connectivity index (χ3n) is 1.77. The van der Waals surface area contributed by atoms with Crippen molar-refractivity contribution in [1.82, 2.24) is 4.72 Å². The Bertz CT molecular complexity index is 499. The zero-order chi connectivity index (χ0) is 11.6. The van der Waals surface area contributed by atoms with Crippen LogP contribution in [0.1, 0.15) is 5.56 Å². The number of sulfonamides is 1. The lowest BCUT2D eigenvalue weighted by Crippen LogP contribution is -2.20. The van der Waals surface area contributed by atoms with Gasteiger partial charge in [0.1, 0.15) is 9.88 Å². The molecule has 0 amide bonds. The molecule has 0 unspecified atom stereocenters. The molecule has 15 heavy (non-hydrogen) atoms. The maximum absolute atomic E-state index is 11.5. The predicted octanol–water partition coefficient (Wildman–Crippen LogP) is 0.882. The van der Waals surface area contributed by atoms with Crippen LogP contribution in [0, 0.1) is 0 Å². The average molecular weight is 265 g/mol. The van der Waals surface area contributed by atoms with Crippen LogP contribution in [0.4, 0.5) is 0 Å². The number of rotatable bonds is 3. The van der Waals surface area contributed by atoms with Gasteiger partial charge in [-0.3, -0.25) is 0 Å². The van der Waals surface area contributed by atoms with Crippen molar-refractivity contribution in [3.05, 3.63) is 28.8 Å². The highest BCUT2D eigenvalue weighted by atomic mass is 35.5. The van der Waals surface area contributed by atoms with Crippen molar-refractivity contribution in [1.29, 1.82) is 0 Å². The van der Waals surface area contributed by atoms with Gasteiger partial charge in [-0.15, -0.1) is 0 Å². The van der Waals surface area contributed by atoms with Gasteiger partial charge in [-0.25, -0.2) is 13.1 Å². The maximum atomic E-state index is 11.5. The Morgan fingerprint density at radius 3 is 2.60 bits per heavy atom. The van der Waals surface area contributed by atoms with Crippen LogP contribution in [-0.2, 0) is 10.0 Å². The molecule has 0 saturated carbocycles. The molecule has 3 N–H and O–H groups in total. The van der Waals surface area contributed by atoms with E-state index in [9.17, 15) is 8.42 Å².